The van der Waals surface area contributed by atoms with Crippen molar-refractivity contribution in [2.45, 2.75) is 37.0 Å². The highest BCUT2D eigenvalue weighted by atomic mass is 32.2. The highest BCUT2D eigenvalue weighted by molar-refractivity contribution is 7.99. The molecule has 3 N–H and O–H groups in total. The number of pyridine rings is 1. The van der Waals surface area contributed by atoms with E-state index in [1.807, 2.05) is 17.8 Å². The molecule has 1 aliphatic carbocycles. The molecule has 2 unspecified atom stereocenters. The Hall–Kier alpha value is -1.23. The molecule has 98 valence electrons. The topological polar surface area (TPSA) is 68.0 Å². The summed E-state index contributed by atoms with van der Waals surface area (Å²) in [6.07, 6.45) is 10.2. The molecule has 5 heteroatoms. The molecular formula is C13H19N3OS. The van der Waals surface area contributed by atoms with Gasteiger partial charge < -0.3 is 11.1 Å². The van der Waals surface area contributed by atoms with E-state index in [-0.39, 0.29) is 0 Å². The van der Waals surface area contributed by atoms with Crippen LogP contribution in [0.25, 0.3) is 0 Å². The van der Waals surface area contributed by atoms with Crippen molar-refractivity contribution in [3.63, 3.8) is 0 Å². The van der Waals surface area contributed by atoms with Crippen molar-refractivity contribution in [2.75, 3.05) is 11.6 Å². The van der Waals surface area contributed by atoms with Gasteiger partial charge >= 0.3 is 0 Å². The molecule has 0 aromatic carbocycles. The van der Waals surface area contributed by atoms with E-state index in [1.54, 1.807) is 6.20 Å². The first-order valence-electron chi connectivity index (χ1n) is 6.24. The minimum absolute atomic E-state index is 0.428. The van der Waals surface area contributed by atoms with E-state index in [4.69, 9.17) is 5.73 Å². The summed E-state index contributed by atoms with van der Waals surface area (Å²) in [6, 6.07) is 2.25. The summed E-state index contributed by atoms with van der Waals surface area (Å²) in [5, 5.41) is 4.16. The predicted molar refractivity (Wildman–Crippen MR) is 75.9 cm³/mol. The molecule has 0 radical (unpaired) electrons. The van der Waals surface area contributed by atoms with Gasteiger partial charge in [-0.3, -0.25) is 9.78 Å². The van der Waals surface area contributed by atoms with Crippen molar-refractivity contribution in [1.29, 1.82) is 0 Å². The fourth-order valence-electron chi connectivity index (χ4n) is 2.43. The second kappa shape index (κ2) is 6.09. The van der Waals surface area contributed by atoms with E-state index >= 15 is 0 Å². The van der Waals surface area contributed by atoms with Crippen LogP contribution in [-0.4, -0.2) is 28.4 Å². The molecule has 18 heavy (non-hydrogen) atoms. The van der Waals surface area contributed by atoms with Gasteiger partial charge in [0.05, 0.1) is 11.3 Å². The van der Waals surface area contributed by atoms with Crippen molar-refractivity contribution in [1.82, 2.24) is 4.98 Å². The first kappa shape index (κ1) is 13.2. The summed E-state index contributed by atoms with van der Waals surface area (Å²) in [4.78, 5) is 15.3. The molecule has 4 nitrogen and oxygen atoms in total. The summed E-state index contributed by atoms with van der Waals surface area (Å²) < 4.78 is 0. The summed E-state index contributed by atoms with van der Waals surface area (Å²) in [7, 11) is 0. The van der Waals surface area contributed by atoms with Crippen molar-refractivity contribution in [2.24, 2.45) is 5.73 Å². The van der Waals surface area contributed by atoms with Crippen molar-refractivity contribution >= 4 is 23.4 Å². The molecule has 0 aliphatic heterocycles. The normalized spacial score (nSPS) is 23.6. The highest BCUT2D eigenvalue weighted by Gasteiger charge is 2.22. The number of primary amides is 1. The van der Waals surface area contributed by atoms with E-state index < -0.39 is 5.91 Å². The summed E-state index contributed by atoms with van der Waals surface area (Å²) in [5.41, 5.74) is 6.64. The maximum atomic E-state index is 11.3. The van der Waals surface area contributed by atoms with E-state index in [1.165, 1.54) is 19.0 Å². The van der Waals surface area contributed by atoms with Crippen molar-refractivity contribution in [3.8, 4) is 0 Å². The number of thioether (sulfide) groups is 1. The molecule has 1 aliphatic rings. The molecule has 0 spiro atoms. The average molecular weight is 265 g/mol. The Morgan fingerprint density at radius 1 is 1.56 bits per heavy atom. The standard InChI is InChI=1S/C13H19N3OS/c1-18-10-4-2-3-9(7-10)16-12-5-6-15-8-11(12)13(14)17/h5-6,8-10H,2-4,7H2,1H3,(H2,14,17)(H,15,16). The Morgan fingerprint density at radius 3 is 3.11 bits per heavy atom. The summed E-state index contributed by atoms with van der Waals surface area (Å²) >= 11 is 1.93. The lowest BCUT2D eigenvalue weighted by atomic mass is 9.94. The number of nitrogens with two attached hydrogens (primary N) is 1. The largest absolute Gasteiger partial charge is 0.382 e. The van der Waals surface area contributed by atoms with E-state index in [2.05, 4.69) is 16.6 Å². The second-order valence-electron chi connectivity index (χ2n) is 4.65. The van der Waals surface area contributed by atoms with Crippen molar-refractivity contribution < 1.29 is 4.79 Å². The Kier molecular flexibility index (Phi) is 4.47. The van der Waals surface area contributed by atoms with Crippen LogP contribution in [0.5, 0.6) is 0 Å². The molecule has 2 atom stereocenters. The Balaban J connectivity index is 2.07. The van der Waals surface area contributed by atoms with Gasteiger partial charge in [-0.15, -0.1) is 0 Å². The van der Waals surface area contributed by atoms with Gasteiger partial charge in [0.2, 0.25) is 0 Å². The maximum absolute atomic E-state index is 11.3. The molecule has 1 amide bonds. The predicted octanol–water partition coefficient (Wildman–Crippen LogP) is 2.27. The highest BCUT2D eigenvalue weighted by Crippen LogP contribution is 2.29. The molecule has 1 saturated carbocycles. The van der Waals surface area contributed by atoms with Crippen LogP contribution in [0, 0.1) is 0 Å². The van der Waals surface area contributed by atoms with Crippen molar-refractivity contribution in [3.05, 3.63) is 24.0 Å². The number of nitrogens with zero attached hydrogens (tertiary/aromatic N) is 1. The third-order valence-electron chi connectivity index (χ3n) is 3.41. The van der Waals surface area contributed by atoms with Gasteiger partial charge in [0, 0.05) is 23.7 Å². The summed E-state index contributed by atoms with van der Waals surface area (Å²) in [5.74, 6) is -0.428. The molecule has 1 aromatic heterocycles. The van der Waals surface area contributed by atoms with Crippen LogP contribution >= 0.6 is 11.8 Å². The zero-order valence-electron chi connectivity index (χ0n) is 10.6. The third-order valence-corrected chi connectivity index (χ3v) is 4.50. The minimum Gasteiger partial charge on any atom is -0.382 e. The van der Waals surface area contributed by atoms with E-state index in [9.17, 15) is 4.79 Å². The number of rotatable bonds is 4. The first-order chi connectivity index (χ1) is 8.70. The average Bonchev–Trinajstić information content (AvgIpc) is 2.39. The molecule has 1 heterocycles. The number of aromatic nitrogens is 1. The number of carbonyl (C=O) groups excluding carboxylic acids is 1. The SMILES string of the molecule is CSC1CCCC(Nc2ccncc2C(N)=O)C1. The minimum atomic E-state index is -0.428. The van der Waals surface area contributed by atoms with Gasteiger partial charge in [0.1, 0.15) is 0 Å². The van der Waals surface area contributed by atoms with Crippen LogP contribution in [0.3, 0.4) is 0 Å². The number of amides is 1. The Labute approximate surface area is 112 Å². The fourth-order valence-corrected chi connectivity index (χ4v) is 3.25. The lowest BCUT2D eigenvalue weighted by molar-refractivity contribution is 0.100. The second-order valence-corrected chi connectivity index (χ2v) is 5.79. The molecular weight excluding hydrogens is 246 g/mol. The fraction of sp³-hybridized carbons (Fsp3) is 0.538. The third kappa shape index (κ3) is 3.16. The molecule has 0 saturated heterocycles. The van der Waals surface area contributed by atoms with E-state index in [0.29, 0.717) is 11.6 Å². The monoisotopic (exact) mass is 265 g/mol. The van der Waals surface area contributed by atoms with Crippen LogP contribution in [0.2, 0.25) is 0 Å². The van der Waals surface area contributed by atoms with Gasteiger partial charge in [-0.25, -0.2) is 0 Å². The van der Waals surface area contributed by atoms with Crippen LogP contribution in [-0.2, 0) is 0 Å². The summed E-state index contributed by atoms with van der Waals surface area (Å²) in [6.45, 7) is 0. The zero-order chi connectivity index (χ0) is 13.0. The number of hydrogen-bond donors (Lipinski definition) is 2. The zero-order valence-corrected chi connectivity index (χ0v) is 11.4. The van der Waals surface area contributed by atoms with Gasteiger partial charge in [-0.2, -0.15) is 11.8 Å². The lowest BCUT2D eigenvalue weighted by Gasteiger charge is -2.29. The number of nitrogens with one attached hydrogen (secondary N) is 1. The Bertz CT molecular complexity index is 424. The van der Waals surface area contributed by atoms with Crippen LogP contribution in [0.15, 0.2) is 18.5 Å². The molecule has 0 bridgehead atoms. The smallest absolute Gasteiger partial charge is 0.252 e. The van der Waals surface area contributed by atoms with Gasteiger partial charge in [0.15, 0.2) is 0 Å². The molecule has 1 fully saturated rings. The first-order valence-corrected chi connectivity index (χ1v) is 7.52. The van der Waals surface area contributed by atoms with Crippen LogP contribution in [0.1, 0.15) is 36.0 Å². The number of anilines is 1. The van der Waals surface area contributed by atoms with E-state index in [0.717, 1.165) is 23.8 Å². The van der Waals surface area contributed by atoms with Crippen LogP contribution < -0.4 is 11.1 Å². The van der Waals surface area contributed by atoms with Gasteiger partial charge in [0.25, 0.3) is 5.91 Å². The number of hydrogen-bond acceptors (Lipinski definition) is 4. The quantitative estimate of drug-likeness (QED) is 0.876. The lowest BCUT2D eigenvalue weighted by Crippen LogP contribution is -2.29. The molecule has 2 rings (SSSR count). The van der Waals surface area contributed by atoms with Gasteiger partial charge in [-0.05, 0) is 31.6 Å². The van der Waals surface area contributed by atoms with Crippen LogP contribution in [0.4, 0.5) is 5.69 Å². The number of carbonyl (C=O) groups is 1. The molecule has 1 aromatic rings. The maximum Gasteiger partial charge on any atom is 0.252 e. The van der Waals surface area contributed by atoms with Gasteiger partial charge in [-0.1, -0.05) is 6.42 Å². The Morgan fingerprint density at radius 2 is 2.39 bits per heavy atom.